The Labute approximate surface area is 130 Å². The first-order chi connectivity index (χ1) is 10.2. The maximum atomic E-state index is 14.0. The lowest BCUT2D eigenvalue weighted by Gasteiger charge is -2.26. The van der Waals surface area contributed by atoms with Crippen LogP contribution in [-0.2, 0) is 15.3 Å². The van der Waals surface area contributed by atoms with Gasteiger partial charge in [-0.25, -0.2) is 12.8 Å². The summed E-state index contributed by atoms with van der Waals surface area (Å²) >= 11 is 0. The highest BCUT2D eigenvalue weighted by atomic mass is 32.2. The molecule has 4 nitrogen and oxygen atoms in total. The summed E-state index contributed by atoms with van der Waals surface area (Å²) in [5, 5.41) is 3.04. The molecule has 2 rings (SSSR count). The lowest BCUT2D eigenvalue weighted by atomic mass is 9.85. The summed E-state index contributed by atoms with van der Waals surface area (Å²) in [6, 6.07) is 7.74. The number of nitrogens with one attached hydrogen (secondary N) is 1. The van der Waals surface area contributed by atoms with Gasteiger partial charge in [0.25, 0.3) is 0 Å². The zero-order chi connectivity index (χ0) is 16.4. The second-order valence-electron chi connectivity index (χ2n) is 5.89. The molecule has 118 valence electrons. The second-order valence-corrected chi connectivity index (χ2v) is 7.90. The monoisotopic (exact) mass is 322 g/mol. The van der Waals surface area contributed by atoms with Crippen LogP contribution >= 0.6 is 0 Å². The Kier molecular flexibility index (Phi) is 4.51. The first-order valence-corrected chi connectivity index (χ1v) is 8.73. The van der Waals surface area contributed by atoms with Crippen LogP contribution in [-0.4, -0.2) is 26.2 Å². The highest BCUT2D eigenvalue weighted by Crippen LogP contribution is 2.25. The zero-order valence-electron chi connectivity index (χ0n) is 12.8. The third-order valence-corrected chi connectivity index (χ3v) is 4.66. The lowest BCUT2D eigenvalue weighted by Crippen LogP contribution is -2.28. The molecule has 0 fully saturated rings. The average Bonchev–Trinajstić information content (AvgIpc) is 2.46. The fourth-order valence-electron chi connectivity index (χ4n) is 2.09. The quantitative estimate of drug-likeness (QED) is 0.919. The van der Waals surface area contributed by atoms with Crippen LogP contribution < -0.4 is 5.32 Å². The van der Waals surface area contributed by atoms with Gasteiger partial charge in [-0.1, -0.05) is 13.8 Å². The molecule has 0 saturated heterocycles. The molecule has 0 spiro atoms. The first-order valence-electron chi connectivity index (χ1n) is 6.84. The largest absolute Gasteiger partial charge is 0.382 e. The molecule has 1 aromatic heterocycles. The summed E-state index contributed by atoms with van der Waals surface area (Å²) in [5.74, 6) is -0.576. The molecule has 2 aromatic rings. The van der Waals surface area contributed by atoms with Crippen LogP contribution in [0.25, 0.3) is 0 Å². The van der Waals surface area contributed by atoms with Crippen molar-refractivity contribution in [3.05, 3.63) is 54.1 Å². The van der Waals surface area contributed by atoms with Gasteiger partial charge in [-0.05, 0) is 35.9 Å². The van der Waals surface area contributed by atoms with Crippen LogP contribution in [0.4, 0.5) is 10.1 Å². The van der Waals surface area contributed by atoms with E-state index in [9.17, 15) is 12.8 Å². The molecule has 1 aromatic carbocycles. The van der Waals surface area contributed by atoms with Crippen molar-refractivity contribution in [1.29, 1.82) is 0 Å². The fourth-order valence-corrected chi connectivity index (χ4v) is 2.72. The van der Waals surface area contributed by atoms with Crippen molar-refractivity contribution in [3.63, 3.8) is 0 Å². The van der Waals surface area contributed by atoms with E-state index < -0.39 is 15.7 Å². The van der Waals surface area contributed by atoms with Crippen LogP contribution in [0.3, 0.4) is 0 Å². The van der Waals surface area contributed by atoms with Crippen molar-refractivity contribution >= 4 is 15.5 Å². The number of pyridine rings is 1. The third kappa shape index (κ3) is 3.82. The SMILES string of the molecule is CC(C)(CNc1ccc(S(C)(=O)=O)cc1F)c1ccncc1. The number of hydrogen-bond acceptors (Lipinski definition) is 4. The molecule has 1 N–H and O–H groups in total. The molecule has 0 radical (unpaired) electrons. The maximum Gasteiger partial charge on any atom is 0.175 e. The summed E-state index contributed by atoms with van der Waals surface area (Å²) in [5.41, 5.74) is 1.16. The number of anilines is 1. The van der Waals surface area contributed by atoms with E-state index in [1.807, 2.05) is 26.0 Å². The standard InChI is InChI=1S/C16H19FN2O2S/c1-16(2,12-6-8-18-9-7-12)11-19-15-5-4-13(10-14(15)17)22(3,20)21/h4-10,19H,11H2,1-3H3. The molecule has 1 heterocycles. The molecular weight excluding hydrogens is 303 g/mol. The third-order valence-electron chi connectivity index (χ3n) is 3.55. The summed E-state index contributed by atoms with van der Waals surface area (Å²) in [6.45, 7) is 4.59. The second kappa shape index (κ2) is 6.04. The van der Waals surface area contributed by atoms with Crippen molar-refractivity contribution < 1.29 is 12.8 Å². The van der Waals surface area contributed by atoms with Gasteiger partial charge in [-0.15, -0.1) is 0 Å². The average molecular weight is 322 g/mol. The predicted molar refractivity (Wildman–Crippen MR) is 85.3 cm³/mol. The van der Waals surface area contributed by atoms with E-state index in [-0.39, 0.29) is 16.0 Å². The maximum absolute atomic E-state index is 14.0. The number of aromatic nitrogens is 1. The molecule has 0 aliphatic rings. The van der Waals surface area contributed by atoms with Crippen molar-refractivity contribution in [3.8, 4) is 0 Å². The van der Waals surface area contributed by atoms with Crippen molar-refractivity contribution in [2.45, 2.75) is 24.2 Å². The fraction of sp³-hybridized carbons (Fsp3) is 0.312. The predicted octanol–water partition coefficient (Wildman–Crippen LogP) is 3.01. The van der Waals surface area contributed by atoms with E-state index in [2.05, 4.69) is 10.3 Å². The van der Waals surface area contributed by atoms with Gasteiger partial charge in [-0.2, -0.15) is 0 Å². The molecule has 22 heavy (non-hydrogen) atoms. The van der Waals surface area contributed by atoms with Crippen LogP contribution in [0, 0.1) is 5.82 Å². The Morgan fingerprint density at radius 1 is 1.18 bits per heavy atom. The number of sulfone groups is 1. The van der Waals surface area contributed by atoms with Gasteiger partial charge >= 0.3 is 0 Å². The Bertz CT molecular complexity index is 759. The van der Waals surface area contributed by atoms with E-state index in [0.29, 0.717) is 6.54 Å². The van der Waals surface area contributed by atoms with Gasteiger partial charge in [0.1, 0.15) is 5.82 Å². The summed E-state index contributed by atoms with van der Waals surface area (Å²) in [6.07, 6.45) is 4.50. The molecule has 0 aliphatic heterocycles. The van der Waals surface area contributed by atoms with Gasteiger partial charge in [0.15, 0.2) is 9.84 Å². The van der Waals surface area contributed by atoms with E-state index in [0.717, 1.165) is 17.9 Å². The van der Waals surface area contributed by atoms with Crippen LogP contribution in [0.2, 0.25) is 0 Å². The van der Waals surface area contributed by atoms with Crippen molar-refractivity contribution in [2.24, 2.45) is 0 Å². The number of hydrogen-bond donors (Lipinski definition) is 1. The van der Waals surface area contributed by atoms with Crippen LogP contribution in [0.5, 0.6) is 0 Å². The number of rotatable bonds is 5. The number of benzene rings is 1. The minimum atomic E-state index is -3.40. The molecule has 6 heteroatoms. The molecular formula is C16H19FN2O2S. The first kappa shape index (κ1) is 16.4. The summed E-state index contributed by atoms with van der Waals surface area (Å²) in [4.78, 5) is 3.96. The van der Waals surface area contributed by atoms with Gasteiger partial charge in [0, 0.05) is 30.6 Å². The molecule has 0 bridgehead atoms. The van der Waals surface area contributed by atoms with E-state index in [1.165, 1.54) is 12.1 Å². The van der Waals surface area contributed by atoms with Crippen molar-refractivity contribution in [1.82, 2.24) is 4.98 Å². The van der Waals surface area contributed by atoms with Crippen LogP contribution in [0.1, 0.15) is 19.4 Å². The Hall–Kier alpha value is -1.95. The number of nitrogens with zero attached hydrogens (tertiary/aromatic N) is 1. The van der Waals surface area contributed by atoms with Gasteiger partial charge in [-0.3, -0.25) is 4.98 Å². The van der Waals surface area contributed by atoms with Gasteiger partial charge in [0.05, 0.1) is 10.6 Å². The van der Waals surface area contributed by atoms with Crippen LogP contribution in [0.15, 0.2) is 47.6 Å². The minimum Gasteiger partial charge on any atom is -0.382 e. The molecule has 0 unspecified atom stereocenters. The Balaban J connectivity index is 2.15. The Morgan fingerprint density at radius 2 is 1.82 bits per heavy atom. The smallest absolute Gasteiger partial charge is 0.175 e. The van der Waals surface area contributed by atoms with E-state index in [4.69, 9.17) is 0 Å². The van der Waals surface area contributed by atoms with Gasteiger partial charge < -0.3 is 5.32 Å². The Morgan fingerprint density at radius 3 is 2.36 bits per heavy atom. The molecule has 0 amide bonds. The topological polar surface area (TPSA) is 59.1 Å². The van der Waals surface area contributed by atoms with Crippen molar-refractivity contribution in [2.75, 3.05) is 18.1 Å². The summed E-state index contributed by atoms with van der Waals surface area (Å²) in [7, 11) is -3.40. The highest BCUT2D eigenvalue weighted by Gasteiger charge is 2.21. The zero-order valence-corrected chi connectivity index (χ0v) is 13.6. The molecule has 0 atom stereocenters. The normalized spacial score (nSPS) is 12.2. The summed E-state index contributed by atoms with van der Waals surface area (Å²) < 4.78 is 36.8. The highest BCUT2D eigenvalue weighted by molar-refractivity contribution is 7.90. The van der Waals surface area contributed by atoms with Gasteiger partial charge in [0.2, 0.25) is 0 Å². The minimum absolute atomic E-state index is 0.0241. The van der Waals surface area contributed by atoms with E-state index in [1.54, 1.807) is 12.4 Å². The number of halogens is 1. The van der Waals surface area contributed by atoms with E-state index >= 15 is 0 Å². The molecule has 0 saturated carbocycles. The lowest BCUT2D eigenvalue weighted by molar-refractivity contribution is 0.551. The molecule has 0 aliphatic carbocycles.